The van der Waals surface area contributed by atoms with Crippen molar-refractivity contribution in [2.75, 3.05) is 76.1 Å². The van der Waals surface area contributed by atoms with Gasteiger partial charge in [-0.1, -0.05) is 58.6 Å². The van der Waals surface area contributed by atoms with Gasteiger partial charge in [0.1, 0.15) is 0 Å². The summed E-state index contributed by atoms with van der Waals surface area (Å²) < 4.78 is 3.73. The fourth-order valence-electron chi connectivity index (χ4n) is 7.54. The van der Waals surface area contributed by atoms with Crippen LogP contribution in [0.15, 0.2) is 60.9 Å². The molecule has 2 aromatic carbocycles. The first-order valence-corrected chi connectivity index (χ1v) is 21.3. The Morgan fingerprint density at radius 1 is 0.607 bits per heavy atom. The summed E-state index contributed by atoms with van der Waals surface area (Å²) in [4.78, 5) is 52.7. The van der Waals surface area contributed by atoms with Crippen molar-refractivity contribution in [3.05, 3.63) is 105 Å². The monoisotopic (exact) mass is 866 g/mol. The summed E-state index contributed by atoms with van der Waals surface area (Å²) in [7, 11) is 0. The fourth-order valence-corrected chi connectivity index (χ4v) is 8.25. The number of pyridine rings is 2. The number of anilines is 2. The summed E-state index contributed by atoms with van der Waals surface area (Å²) in [5.74, 6) is -0.454. The summed E-state index contributed by atoms with van der Waals surface area (Å²) in [6, 6.07) is 15.2. The lowest BCUT2D eigenvalue weighted by molar-refractivity contribution is -0.130. The Balaban J connectivity index is 0.000000185. The molecule has 320 valence electrons. The molecule has 17 heteroatoms. The van der Waals surface area contributed by atoms with E-state index in [9.17, 15) is 14.4 Å². The van der Waals surface area contributed by atoms with Crippen LogP contribution < -0.4 is 16.0 Å². The molecule has 2 aliphatic rings. The van der Waals surface area contributed by atoms with Gasteiger partial charge in [0.05, 0.1) is 56.4 Å². The molecular formula is C44H52Cl2N12O3. The molecule has 0 radical (unpaired) electrons. The second-order valence-corrected chi connectivity index (χ2v) is 16.3. The van der Waals surface area contributed by atoms with Crippen LogP contribution in [0, 0.1) is 27.7 Å². The molecule has 2 fully saturated rings. The van der Waals surface area contributed by atoms with Gasteiger partial charge in [-0.05, 0) is 52.0 Å². The van der Waals surface area contributed by atoms with E-state index in [0.29, 0.717) is 44.4 Å². The average molecular weight is 868 g/mol. The molecule has 0 bridgehead atoms. The van der Waals surface area contributed by atoms with E-state index in [1.54, 1.807) is 6.92 Å². The largest absolute Gasteiger partial charge is 0.340 e. The zero-order chi connectivity index (χ0) is 43.2. The van der Waals surface area contributed by atoms with Crippen LogP contribution in [0.1, 0.15) is 50.2 Å². The Kier molecular flexibility index (Phi) is 14.0. The van der Waals surface area contributed by atoms with Gasteiger partial charge in [-0.25, -0.2) is 19.3 Å². The predicted molar refractivity (Wildman–Crippen MR) is 241 cm³/mol. The maximum Gasteiger partial charge on any atom is 0.258 e. The number of carbonyl (C=O) groups excluding carboxylic acids is 3. The van der Waals surface area contributed by atoms with E-state index in [2.05, 4.69) is 45.9 Å². The molecule has 61 heavy (non-hydrogen) atoms. The van der Waals surface area contributed by atoms with Crippen molar-refractivity contribution in [2.24, 2.45) is 0 Å². The normalized spacial score (nSPS) is 14.8. The summed E-state index contributed by atoms with van der Waals surface area (Å²) >= 11 is 13.3. The van der Waals surface area contributed by atoms with Crippen molar-refractivity contribution >= 4 is 74.4 Å². The van der Waals surface area contributed by atoms with Gasteiger partial charge in [-0.3, -0.25) is 24.2 Å². The van der Waals surface area contributed by atoms with Gasteiger partial charge in [0.15, 0.2) is 11.3 Å². The average Bonchev–Trinajstić information content (AvgIpc) is 3.77. The van der Waals surface area contributed by atoms with Gasteiger partial charge in [0.25, 0.3) is 11.8 Å². The minimum Gasteiger partial charge on any atom is -0.340 e. The second kappa shape index (κ2) is 19.5. The Morgan fingerprint density at radius 2 is 1.02 bits per heavy atom. The van der Waals surface area contributed by atoms with Crippen molar-refractivity contribution in [3.63, 3.8) is 0 Å². The molecule has 0 spiro atoms. The SMILES string of the molecule is CC(=O)N1CCN(CCn2nc(C)c3c(Cl)c(C(=O)Nc4ccc(C)cc4)cnc32)CC1.Cc1ccc(NC(=O)c2cnc3c(c(C)nn3CCN3CCNCC3)c2Cl)cc1. The molecule has 0 atom stereocenters. The van der Waals surface area contributed by atoms with Crippen LogP contribution in [-0.4, -0.2) is 127 Å². The van der Waals surface area contributed by atoms with Crippen LogP contribution in [0.2, 0.25) is 10.0 Å². The highest BCUT2D eigenvalue weighted by atomic mass is 35.5. The number of amides is 3. The Bertz CT molecular complexity index is 2520. The highest BCUT2D eigenvalue weighted by Gasteiger charge is 2.23. The highest BCUT2D eigenvalue weighted by Crippen LogP contribution is 2.30. The van der Waals surface area contributed by atoms with E-state index in [1.165, 1.54) is 12.4 Å². The standard InChI is InChI=1S/C23H27ClN6O2.C21H25ClN6O/c1-15-4-6-18(7-5-15)26-23(32)19-14-25-22-20(21(19)24)16(2)27-30(22)13-10-28-8-11-29(12-9-28)17(3)31;1-14-3-5-16(6-4-14)25-21(29)17-13-24-20-18(19(17)22)15(2)26-28(20)12-11-27-9-7-23-8-10-27/h4-7,14H,8-13H2,1-3H3,(H,26,32);3-6,13,23H,7-12H2,1-2H3,(H,25,29). The van der Waals surface area contributed by atoms with Gasteiger partial charge < -0.3 is 20.9 Å². The predicted octanol–water partition coefficient (Wildman–Crippen LogP) is 5.98. The first-order valence-electron chi connectivity index (χ1n) is 20.6. The summed E-state index contributed by atoms with van der Waals surface area (Å²) in [5, 5.41) is 20.5. The van der Waals surface area contributed by atoms with Gasteiger partial charge >= 0.3 is 0 Å². The number of rotatable bonds is 10. The minimum atomic E-state index is -0.302. The third-order valence-electron chi connectivity index (χ3n) is 11.1. The third kappa shape index (κ3) is 10.4. The van der Waals surface area contributed by atoms with E-state index in [-0.39, 0.29) is 17.7 Å². The summed E-state index contributed by atoms with van der Waals surface area (Å²) in [5.41, 5.74) is 7.25. The topological polar surface area (TPSA) is 158 Å². The highest BCUT2D eigenvalue weighted by molar-refractivity contribution is 6.39. The van der Waals surface area contributed by atoms with Crippen molar-refractivity contribution < 1.29 is 14.4 Å². The molecule has 0 saturated carbocycles. The van der Waals surface area contributed by atoms with Gasteiger partial charge in [0.2, 0.25) is 5.91 Å². The van der Waals surface area contributed by atoms with E-state index in [0.717, 1.165) is 111 Å². The van der Waals surface area contributed by atoms with Crippen LogP contribution >= 0.6 is 23.2 Å². The van der Waals surface area contributed by atoms with E-state index >= 15 is 0 Å². The van der Waals surface area contributed by atoms with Gasteiger partial charge in [-0.15, -0.1) is 0 Å². The van der Waals surface area contributed by atoms with E-state index in [1.807, 2.05) is 90.5 Å². The molecule has 8 rings (SSSR count). The molecule has 0 aliphatic carbocycles. The zero-order valence-corrected chi connectivity index (χ0v) is 36.8. The van der Waals surface area contributed by atoms with Crippen molar-refractivity contribution in [1.82, 2.24) is 49.5 Å². The molecule has 15 nitrogen and oxygen atoms in total. The maximum atomic E-state index is 12.8. The minimum absolute atomic E-state index is 0.124. The number of halogens is 2. The van der Waals surface area contributed by atoms with Crippen LogP contribution in [0.4, 0.5) is 11.4 Å². The lowest BCUT2D eigenvalue weighted by atomic mass is 10.2. The van der Waals surface area contributed by atoms with Gasteiger partial charge in [-0.2, -0.15) is 10.2 Å². The molecule has 6 aromatic rings. The number of aromatic nitrogens is 6. The van der Waals surface area contributed by atoms with E-state index in [4.69, 9.17) is 23.2 Å². The number of aryl methyl sites for hydroxylation is 4. The van der Waals surface area contributed by atoms with Crippen LogP contribution in [0.25, 0.3) is 22.1 Å². The number of carbonyl (C=O) groups is 3. The molecule has 2 aliphatic heterocycles. The van der Waals surface area contributed by atoms with Crippen molar-refractivity contribution in [3.8, 4) is 0 Å². The number of benzene rings is 2. The molecule has 4 aromatic heterocycles. The molecule has 3 N–H and O–H groups in total. The van der Waals surface area contributed by atoms with Crippen LogP contribution in [0.3, 0.4) is 0 Å². The number of hydrogen-bond acceptors (Lipinski definition) is 10. The van der Waals surface area contributed by atoms with Crippen LogP contribution in [0.5, 0.6) is 0 Å². The first kappa shape index (κ1) is 43.6. The Hall–Kier alpha value is -5.45. The Morgan fingerprint density at radius 3 is 1.43 bits per heavy atom. The molecule has 2 saturated heterocycles. The number of nitrogens with zero attached hydrogens (tertiary/aromatic N) is 9. The number of hydrogen-bond donors (Lipinski definition) is 3. The van der Waals surface area contributed by atoms with Crippen LogP contribution in [-0.2, 0) is 17.9 Å². The third-order valence-corrected chi connectivity index (χ3v) is 11.9. The summed E-state index contributed by atoms with van der Waals surface area (Å²) in [6.07, 6.45) is 3.05. The fraction of sp³-hybridized carbons (Fsp3) is 0.386. The lowest BCUT2D eigenvalue weighted by Gasteiger charge is -2.34. The molecular weight excluding hydrogens is 815 g/mol. The first-order chi connectivity index (χ1) is 29.4. The van der Waals surface area contributed by atoms with Gasteiger partial charge in [0, 0.05) is 96.1 Å². The molecule has 0 unspecified atom stereocenters. The van der Waals surface area contributed by atoms with Crippen molar-refractivity contribution in [1.29, 1.82) is 0 Å². The van der Waals surface area contributed by atoms with Crippen molar-refractivity contribution in [2.45, 2.75) is 47.7 Å². The Labute approximate surface area is 365 Å². The lowest BCUT2D eigenvalue weighted by Crippen LogP contribution is -2.48. The summed E-state index contributed by atoms with van der Waals surface area (Å²) in [6.45, 7) is 19.8. The number of fused-ring (bicyclic) bond motifs is 2. The smallest absolute Gasteiger partial charge is 0.258 e. The second-order valence-electron chi connectivity index (χ2n) is 15.6. The number of nitrogens with one attached hydrogen (secondary N) is 3. The van der Waals surface area contributed by atoms with E-state index < -0.39 is 0 Å². The zero-order valence-electron chi connectivity index (χ0n) is 35.3. The quantitative estimate of drug-likeness (QED) is 0.150. The number of piperazine rings is 2. The molecule has 6 heterocycles. The molecule has 3 amide bonds. The maximum absolute atomic E-state index is 12.8.